The highest BCUT2D eigenvalue weighted by Gasteiger charge is 2.25. The van der Waals surface area contributed by atoms with Crippen molar-refractivity contribution < 1.29 is 13.6 Å². The lowest BCUT2D eigenvalue weighted by atomic mass is 10.0. The van der Waals surface area contributed by atoms with Crippen molar-refractivity contribution in [1.29, 1.82) is 0 Å². The Labute approximate surface area is 171 Å². The molecule has 4 rings (SSSR count). The lowest BCUT2D eigenvalue weighted by molar-refractivity contribution is -0.131. The van der Waals surface area contributed by atoms with Gasteiger partial charge in [0, 0.05) is 37.6 Å². The van der Waals surface area contributed by atoms with Crippen molar-refractivity contribution in [3.63, 3.8) is 0 Å². The van der Waals surface area contributed by atoms with E-state index in [2.05, 4.69) is 15.9 Å². The number of hydrogen-bond donors (Lipinski definition) is 0. The summed E-state index contributed by atoms with van der Waals surface area (Å²) in [4.78, 5) is 19.5. The highest BCUT2D eigenvalue weighted by molar-refractivity contribution is 5.80. The highest BCUT2D eigenvalue weighted by atomic mass is 19.1. The second-order valence-corrected chi connectivity index (χ2v) is 7.74. The Morgan fingerprint density at radius 1 is 1.07 bits per heavy atom. The van der Waals surface area contributed by atoms with Crippen LogP contribution >= 0.6 is 0 Å². The van der Waals surface area contributed by atoms with E-state index in [1.165, 1.54) is 18.6 Å². The van der Waals surface area contributed by atoms with Crippen molar-refractivity contribution >= 4 is 11.6 Å². The van der Waals surface area contributed by atoms with Crippen molar-refractivity contribution in [3.05, 3.63) is 66.0 Å². The molecule has 6 heteroatoms. The van der Waals surface area contributed by atoms with E-state index >= 15 is 0 Å². The zero-order valence-electron chi connectivity index (χ0n) is 16.7. The second-order valence-electron chi connectivity index (χ2n) is 7.74. The topological polar surface area (TPSA) is 39.9 Å². The summed E-state index contributed by atoms with van der Waals surface area (Å²) in [6.07, 6.45) is 8.17. The molecule has 0 N–H and O–H groups in total. The monoisotopic (exact) mass is 397 g/mol. The van der Waals surface area contributed by atoms with Crippen molar-refractivity contribution in [3.8, 4) is 0 Å². The molecule has 0 radical (unpaired) electrons. The van der Waals surface area contributed by atoms with Crippen LogP contribution in [-0.2, 0) is 11.3 Å². The predicted octanol–water partition coefficient (Wildman–Crippen LogP) is 4.03. The third-order valence-corrected chi connectivity index (χ3v) is 5.73. The number of carbonyl (C=O) groups is 1. The van der Waals surface area contributed by atoms with E-state index in [4.69, 9.17) is 4.42 Å². The maximum absolute atomic E-state index is 13.2. The van der Waals surface area contributed by atoms with E-state index < -0.39 is 0 Å². The highest BCUT2D eigenvalue weighted by Crippen LogP contribution is 2.24. The molecule has 1 aromatic carbocycles. The number of rotatable bonds is 6. The fourth-order valence-electron chi connectivity index (χ4n) is 4.07. The van der Waals surface area contributed by atoms with Gasteiger partial charge in [0.2, 0.25) is 5.91 Å². The number of furan rings is 1. The van der Waals surface area contributed by atoms with Gasteiger partial charge in [-0.15, -0.1) is 0 Å². The van der Waals surface area contributed by atoms with Crippen molar-refractivity contribution in [1.82, 2.24) is 9.80 Å². The number of anilines is 1. The quantitative estimate of drug-likeness (QED) is 0.738. The first kappa shape index (κ1) is 19.7. The number of carbonyl (C=O) groups excluding carboxylic acids is 1. The molecule has 5 nitrogen and oxygen atoms in total. The summed E-state index contributed by atoms with van der Waals surface area (Å²) in [5.74, 6) is 0.724. The minimum Gasteiger partial charge on any atom is -0.467 e. The average Bonchev–Trinajstić information content (AvgIpc) is 3.27. The molecule has 2 aromatic rings. The molecular formula is C23H28FN3O2. The van der Waals surface area contributed by atoms with Crippen molar-refractivity contribution in [2.24, 2.45) is 0 Å². The van der Waals surface area contributed by atoms with E-state index in [1.54, 1.807) is 6.26 Å². The Bertz CT molecular complexity index is 824. The number of piperazine rings is 1. The van der Waals surface area contributed by atoms with E-state index in [0.717, 1.165) is 62.6 Å². The standard InChI is InChI=1S/C23H28FN3O2/c24-19-8-10-20(11-9-19)26-14-12-25(13-15-26)18-23(28)27(17-22-7-4-16-29-22)21-5-2-1-3-6-21/h4-5,7-11,16H,1-3,6,12-15,17-18H2. The molecule has 0 unspecified atom stereocenters. The van der Waals surface area contributed by atoms with E-state index in [9.17, 15) is 9.18 Å². The Kier molecular flexibility index (Phi) is 6.30. The molecule has 29 heavy (non-hydrogen) atoms. The number of nitrogens with zero attached hydrogens (tertiary/aromatic N) is 3. The molecular weight excluding hydrogens is 369 g/mol. The summed E-state index contributed by atoms with van der Waals surface area (Å²) < 4.78 is 18.6. The Morgan fingerprint density at radius 2 is 1.86 bits per heavy atom. The van der Waals surface area contributed by atoms with Gasteiger partial charge in [0.1, 0.15) is 11.6 Å². The molecule has 1 aromatic heterocycles. The zero-order chi connectivity index (χ0) is 20.1. The van der Waals surface area contributed by atoms with Crippen LogP contribution in [0.4, 0.5) is 10.1 Å². The van der Waals surface area contributed by atoms with Gasteiger partial charge in [0.25, 0.3) is 0 Å². The van der Waals surface area contributed by atoms with Crippen molar-refractivity contribution in [2.45, 2.75) is 32.2 Å². The molecule has 1 aliphatic carbocycles. The molecule has 0 saturated carbocycles. The first-order valence-corrected chi connectivity index (χ1v) is 10.4. The van der Waals surface area contributed by atoms with Gasteiger partial charge in [0.15, 0.2) is 0 Å². The van der Waals surface area contributed by atoms with Gasteiger partial charge in [-0.3, -0.25) is 9.69 Å². The Hall–Kier alpha value is -2.60. The SMILES string of the molecule is O=C(CN1CCN(c2ccc(F)cc2)CC1)N(Cc1ccco1)C1=CCCCC1. The Morgan fingerprint density at radius 3 is 2.52 bits per heavy atom. The Balaban J connectivity index is 1.36. The minimum absolute atomic E-state index is 0.129. The third kappa shape index (κ3) is 5.07. The third-order valence-electron chi connectivity index (χ3n) is 5.73. The van der Waals surface area contributed by atoms with Gasteiger partial charge in [-0.25, -0.2) is 4.39 Å². The molecule has 0 spiro atoms. The van der Waals surface area contributed by atoms with E-state index in [-0.39, 0.29) is 11.7 Å². The van der Waals surface area contributed by atoms with Gasteiger partial charge in [0.05, 0.1) is 19.4 Å². The van der Waals surface area contributed by atoms with E-state index in [1.807, 2.05) is 29.2 Å². The summed E-state index contributed by atoms with van der Waals surface area (Å²) >= 11 is 0. The largest absolute Gasteiger partial charge is 0.467 e. The molecule has 0 atom stereocenters. The summed E-state index contributed by atoms with van der Waals surface area (Å²) in [7, 11) is 0. The van der Waals surface area contributed by atoms with Crippen LogP contribution in [0.15, 0.2) is 58.9 Å². The fraction of sp³-hybridized carbons (Fsp3) is 0.435. The number of hydrogen-bond acceptors (Lipinski definition) is 4. The van der Waals surface area contributed by atoms with Crippen LogP contribution in [0, 0.1) is 5.82 Å². The number of amides is 1. The van der Waals surface area contributed by atoms with Gasteiger partial charge >= 0.3 is 0 Å². The van der Waals surface area contributed by atoms with Crippen LogP contribution in [0.5, 0.6) is 0 Å². The maximum atomic E-state index is 13.2. The smallest absolute Gasteiger partial charge is 0.241 e. The van der Waals surface area contributed by atoms with Crippen LogP contribution < -0.4 is 4.90 Å². The van der Waals surface area contributed by atoms with Crippen LogP contribution in [-0.4, -0.2) is 48.4 Å². The lowest BCUT2D eigenvalue weighted by Crippen LogP contribution is -2.50. The minimum atomic E-state index is -0.216. The number of halogens is 1. The normalized spacial score (nSPS) is 17.8. The van der Waals surface area contributed by atoms with Crippen LogP contribution in [0.1, 0.15) is 31.4 Å². The summed E-state index contributed by atoms with van der Waals surface area (Å²) in [5.41, 5.74) is 2.16. The van der Waals surface area contributed by atoms with Gasteiger partial charge in [-0.1, -0.05) is 6.08 Å². The number of allylic oxidation sites excluding steroid dienone is 2. The summed E-state index contributed by atoms with van der Waals surface area (Å²) in [6, 6.07) is 10.4. The summed E-state index contributed by atoms with van der Waals surface area (Å²) in [5, 5.41) is 0. The lowest BCUT2D eigenvalue weighted by Gasteiger charge is -2.37. The van der Waals surface area contributed by atoms with Crippen LogP contribution in [0.25, 0.3) is 0 Å². The first-order chi connectivity index (χ1) is 14.2. The van der Waals surface area contributed by atoms with E-state index in [0.29, 0.717) is 13.1 Å². The molecule has 2 aliphatic rings. The van der Waals surface area contributed by atoms with Crippen molar-refractivity contribution in [2.75, 3.05) is 37.6 Å². The van der Waals surface area contributed by atoms with Gasteiger partial charge < -0.3 is 14.2 Å². The maximum Gasteiger partial charge on any atom is 0.241 e. The van der Waals surface area contributed by atoms with Crippen LogP contribution in [0.2, 0.25) is 0 Å². The van der Waals surface area contributed by atoms with Crippen LogP contribution in [0.3, 0.4) is 0 Å². The molecule has 1 aliphatic heterocycles. The predicted molar refractivity (Wildman–Crippen MR) is 111 cm³/mol. The molecule has 1 fully saturated rings. The molecule has 1 amide bonds. The fourth-order valence-corrected chi connectivity index (χ4v) is 4.07. The first-order valence-electron chi connectivity index (χ1n) is 10.4. The number of benzene rings is 1. The average molecular weight is 397 g/mol. The summed E-state index contributed by atoms with van der Waals surface area (Å²) in [6.45, 7) is 4.20. The second kappa shape index (κ2) is 9.27. The zero-order valence-corrected chi connectivity index (χ0v) is 16.7. The molecule has 0 bridgehead atoms. The van der Waals surface area contributed by atoms with Gasteiger partial charge in [-0.2, -0.15) is 0 Å². The molecule has 1 saturated heterocycles. The molecule has 2 heterocycles. The van der Waals surface area contributed by atoms with Gasteiger partial charge in [-0.05, 0) is 62.1 Å². The molecule has 154 valence electrons.